The molecule has 0 radical (unpaired) electrons. The molecule has 0 saturated heterocycles. The standard InChI is InChI=1S/C33H31N3O7/c1-21(37)40-20-41-33-30(18-25-9-13-27(14-10-25)42-22(2)38)35-32-29(17-24-7-5-4-6-8-24)34-31(19-36(32)33)26-11-15-28(16-12-26)43-23(3)39/h4-16,19,32,35H,17-18,20H2,1-3H3. The Morgan fingerprint density at radius 1 is 0.767 bits per heavy atom. The van der Waals surface area contributed by atoms with Crippen LogP contribution in [0.25, 0.3) is 5.70 Å². The van der Waals surface area contributed by atoms with Gasteiger partial charge in [0.05, 0.1) is 17.1 Å². The van der Waals surface area contributed by atoms with E-state index in [4.69, 9.17) is 23.9 Å². The second-order valence-electron chi connectivity index (χ2n) is 9.95. The van der Waals surface area contributed by atoms with E-state index in [1.807, 2.05) is 65.7 Å². The number of aliphatic imine (C=N–C) groups is 1. The van der Waals surface area contributed by atoms with Gasteiger partial charge in [0.1, 0.15) is 17.7 Å². The van der Waals surface area contributed by atoms with Crippen LogP contribution in [0.15, 0.2) is 102 Å². The summed E-state index contributed by atoms with van der Waals surface area (Å²) >= 11 is 0. The van der Waals surface area contributed by atoms with Gasteiger partial charge in [-0.1, -0.05) is 42.5 Å². The number of rotatable bonds is 10. The maximum atomic E-state index is 11.5. The quantitative estimate of drug-likeness (QED) is 0.206. The molecule has 0 fully saturated rings. The Kier molecular flexibility index (Phi) is 8.85. The molecule has 0 amide bonds. The molecule has 1 unspecified atom stereocenters. The first-order valence-electron chi connectivity index (χ1n) is 13.7. The Hall–Kier alpha value is -5.38. The van der Waals surface area contributed by atoms with Crippen LogP contribution in [0.3, 0.4) is 0 Å². The molecule has 1 atom stereocenters. The fraction of sp³-hybridized carbons (Fsp3) is 0.212. The third kappa shape index (κ3) is 7.48. The minimum atomic E-state index is -0.459. The van der Waals surface area contributed by atoms with Crippen molar-refractivity contribution < 1.29 is 33.3 Å². The molecule has 1 N–H and O–H groups in total. The first-order valence-corrected chi connectivity index (χ1v) is 13.7. The Balaban J connectivity index is 1.50. The summed E-state index contributed by atoms with van der Waals surface area (Å²) in [4.78, 5) is 41.2. The molecule has 2 aliphatic rings. The van der Waals surface area contributed by atoms with Crippen LogP contribution in [0.4, 0.5) is 0 Å². The number of fused-ring (bicyclic) bond motifs is 1. The summed E-state index contributed by atoms with van der Waals surface area (Å²) in [6.45, 7) is 3.76. The molecule has 2 heterocycles. The van der Waals surface area contributed by atoms with Gasteiger partial charge in [0.2, 0.25) is 12.7 Å². The minimum absolute atomic E-state index is 0.268. The number of ether oxygens (including phenoxy) is 4. The molecule has 0 aromatic heterocycles. The molecule has 43 heavy (non-hydrogen) atoms. The molecule has 220 valence electrons. The third-order valence-corrected chi connectivity index (χ3v) is 6.59. The van der Waals surface area contributed by atoms with Crippen molar-refractivity contribution in [3.8, 4) is 11.5 Å². The van der Waals surface area contributed by atoms with Crippen molar-refractivity contribution in [1.29, 1.82) is 0 Å². The Morgan fingerprint density at radius 2 is 1.37 bits per heavy atom. The number of esters is 3. The van der Waals surface area contributed by atoms with E-state index in [1.165, 1.54) is 20.8 Å². The van der Waals surface area contributed by atoms with E-state index in [-0.39, 0.29) is 18.9 Å². The molecule has 5 rings (SSSR count). The Bertz CT molecular complexity index is 1590. The van der Waals surface area contributed by atoms with Crippen molar-refractivity contribution in [3.63, 3.8) is 0 Å². The van der Waals surface area contributed by atoms with E-state index < -0.39 is 11.9 Å². The van der Waals surface area contributed by atoms with E-state index in [0.29, 0.717) is 35.9 Å². The summed E-state index contributed by atoms with van der Waals surface area (Å²) in [6.07, 6.45) is 2.56. The zero-order valence-corrected chi connectivity index (χ0v) is 24.0. The molecular weight excluding hydrogens is 550 g/mol. The molecular formula is C33H31N3O7. The topological polar surface area (TPSA) is 116 Å². The molecule has 0 spiro atoms. The molecule has 3 aromatic rings. The summed E-state index contributed by atoms with van der Waals surface area (Å²) in [6, 6.07) is 24.4. The predicted octanol–water partition coefficient (Wildman–Crippen LogP) is 4.71. The summed E-state index contributed by atoms with van der Waals surface area (Å²) in [5.74, 6) is 0.142. The zero-order chi connectivity index (χ0) is 30.3. The molecule has 0 bridgehead atoms. The van der Waals surface area contributed by atoms with Crippen molar-refractivity contribution in [1.82, 2.24) is 10.2 Å². The number of nitrogens with zero attached hydrogens (tertiary/aromatic N) is 2. The van der Waals surface area contributed by atoms with Crippen LogP contribution in [-0.4, -0.2) is 41.5 Å². The van der Waals surface area contributed by atoms with E-state index in [2.05, 4.69) is 5.32 Å². The Labute approximate surface area is 249 Å². The number of nitrogens with one attached hydrogen (secondary N) is 1. The fourth-order valence-corrected chi connectivity index (χ4v) is 4.76. The normalized spacial score (nSPS) is 15.5. The first-order chi connectivity index (χ1) is 20.7. The van der Waals surface area contributed by atoms with Gasteiger partial charge in [-0.25, -0.2) is 0 Å². The van der Waals surface area contributed by atoms with E-state index >= 15 is 0 Å². The molecule has 2 aliphatic heterocycles. The van der Waals surface area contributed by atoms with Gasteiger partial charge < -0.3 is 24.3 Å². The Morgan fingerprint density at radius 3 is 1.98 bits per heavy atom. The second-order valence-corrected chi connectivity index (χ2v) is 9.95. The van der Waals surface area contributed by atoms with Crippen molar-refractivity contribution in [3.05, 3.63) is 113 Å². The molecule has 3 aromatic carbocycles. The number of carbonyl (C=O) groups is 3. The lowest BCUT2D eigenvalue weighted by Crippen LogP contribution is -2.44. The fourth-order valence-electron chi connectivity index (χ4n) is 4.76. The van der Waals surface area contributed by atoms with Gasteiger partial charge in [-0.05, 0) is 47.5 Å². The first kappa shape index (κ1) is 29.1. The van der Waals surface area contributed by atoms with E-state index in [0.717, 1.165) is 28.1 Å². The maximum Gasteiger partial charge on any atom is 0.308 e. The van der Waals surface area contributed by atoms with Crippen molar-refractivity contribution in [2.45, 2.75) is 39.8 Å². The maximum absolute atomic E-state index is 11.5. The van der Waals surface area contributed by atoms with E-state index in [1.54, 1.807) is 24.3 Å². The highest BCUT2D eigenvalue weighted by Gasteiger charge is 2.38. The van der Waals surface area contributed by atoms with Crippen LogP contribution >= 0.6 is 0 Å². The van der Waals surface area contributed by atoms with Gasteiger partial charge in [-0.15, -0.1) is 0 Å². The van der Waals surface area contributed by atoms with Gasteiger partial charge >= 0.3 is 17.9 Å². The average molecular weight is 582 g/mol. The molecule has 0 saturated carbocycles. The van der Waals surface area contributed by atoms with Gasteiger partial charge in [-0.3, -0.25) is 24.3 Å². The average Bonchev–Trinajstić information content (AvgIpc) is 3.31. The summed E-state index contributed by atoms with van der Waals surface area (Å²) < 4.78 is 21.5. The molecule has 10 heteroatoms. The van der Waals surface area contributed by atoms with Crippen molar-refractivity contribution >= 4 is 29.3 Å². The number of hydrogen-bond acceptors (Lipinski definition) is 10. The van der Waals surface area contributed by atoms with Gasteiger partial charge in [0, 0.05) is 45.4 Å². The monoisotopic (exact) mass is 581 g/mol. The van der Waals surface area contributed by atoms with Crippen LogP contribution < -0.4 is 14.8 Å². The lowest BCUT2D eigenvalue weighted by molar-refractivity contribution is -0.151. The highest BCUT2D eigenvalue weighted by Crippen LogP contribution is 2.33. The van der Waals surface area contributed by atoms with Crippen LogP contribution in [-0.2, 0) is 36.7 Å². The minimum Gasteiger partial charge on any atom is -0.440 e. The molecule has 10 nitrogen and oxygen atoms in total. The number of carbonyl (C=O) groups excluding carboxylic acids is 3. The van der Waals surface area contributed by atoms with Crippen LogP contribution in [0, 0.1) is 0 Å². The number of hydrogen-bond donors (Lipinski definition) is 1. The van der Waals surface area contributed by atoms with Gasteiger partial charge in [0.25, 0.3) is 0 Å². The number of benzene rings is 3. The smallest absolute Gasteiger partial charge is 0.308 e. The van der Waals surface area contributed by atoms with Crippen LogP contribution in [0.5, 0.6) is 11.5 Å². The van der Waals surface area contributed by atoms with E-state index in [9.17, 15) is 14.4 Å². The highest BCUT2D eigenvalue weighted by molar-refractivity contribution is 5.97. The van der Waals surface area contributed by atoms with Crippen LogP contribution in [0.2, 0.25) is 0 Å². The highest BCUT2D eigenvalue weighted by atomic mass is 16.7. The predicted molar refractivity (Wildman–Crippen MR) is 158 cm³/mol. The zero-order valence-electron chi connectivity index (χ0n) is 24.0. The lowest BCUT2D eigenvalue weighted by atomic mass is 10.0. The van der Waals surface area contributed by atoms with Crippen molar-refractivity contribution in [2.24, 2.45) is 4.99 Å². The second kappa shape index (κ2) is 13.1. The lowest BCUT2D eigenvalue weighted by Gasteiger charge is -2.30. The summed E-state index contributed by atoms with van der Waals surface area (Å²) in [7, 11) is 0. The van der Waals surface area contributed by atoms with Gasteiger partial charge in [0.15, 0.2) is 0 Å². The molecule has 0 aliphatic carbocycles. The van der Waals surface area contributed by atoms with Crippen molar-refractivity contribution in [2.75, 3.05) is 6.79 Å². The summed E-state index contributed by atoms with van der Waals surface area (Å²) in [5, 5.41) is 3.57. The number of allylic oxidation sites excluding steroid dienone is 1. The SMILES string of the molecule is CC(=O)OCOC1=C(Cc2ccc(OC(C)=O)cc2)NC2C(Cc3ccccc3)=NC(c3ccc(OC(C)=O)cc3)=CN12. The largest absolute Gasteiger partial charge is 0.440 e. The summed E-state index contributed by atoms with van der Waals surface area (Å²) in [5.41, 5.74) is 5.14. The third-order valence-electron chi connectivity index (χ3n) is 6.59. The van der Waals surface area contributed by atoms with Gasteiger partial charge in [-0.2, -0.15) is 0 Å². The van der Waals surface area contributed by atoms with Crippen LogP contribution in [0.1, 0.15) is 37.5 Å².